The second kappa shape index (κ2) is 8.39. The van der Waals surface area contributed by atoms with E-state index in [-0.39, 0.29) is 0 Å². The van der Waals surface area contributed by atoms with Crippen molar-refractivity contribution in [3.05, 3.63) is 58.8 Å². The number of rotatable bonds is 6. The summed E-state index contributed by atoms with van der Waals surface area (Å²) in [5.74, 6) is 1.68. The second-order valence-electron chi connectivity index (χ2n) is 5.47. The molecule has 136 valence electrons. The maximum Gasteiger partial charge on any atom is 0.160 e. The van der Waals surface area contributed by atoms with Crippen molar-refractivity contribution in [2.45, 2.75) is 6.42 Å². The first-order valence-corrected chi connectivity index (χ1v) is 8.43. The topological polar surface area (TPSA) is 80.6 Å². The molecule has 0 spiro atoms. The van der Waals surface area contributed by atoms with Crippen molar-refractivity contribution in [2.24, 2.45) is 4.99 Å². The number of ether oxygens (including phenoxy) is 2. The largest absolute Gasteiger partial charge is 0.497 e. The Kier molecular flexibility index (Phi) is 5.74. The number of hydrogen-bond acceptors (Lipinski definition) is 6. The Bertz CT molecular complexity index is 1020. The van der Waals surface area contributed by atoms with E-state index in [1.165, 1.54) is 0 Å². The summed E-state index contributed by atoms with van der Waals surface area (Å²) < 4.78 is 15.8. The number of benzene rings is 2. The normalized spacial score (nSPS) is 10.7. The van der Waals surface area contributed by atoms with Gasteiger partial charge in [-0.3, -0.25) is 4.99 Å². The highest BCUT2D eigenvalue weighted by atomic mass is 35.5. The molecule has 2 aromatic carbocycles. The molecule has 0 amide bonds. The third-order valence-corrected chi connectivity index (χ3v) is 4.23. The van der Waals surface area contributed by atoms with Crippen LogP contribution >= 0.6 is 11.6 Å². The molecule has 0 unspecified atom stereocenters. The van der Waals surface area contributed by atoms with Crippen LogP contribution < -0.4 is 9.47 Å². The van der Waals surface area contributed by atoms with Crippen LogP contribution in [-0.4, -0.2) is 25.6 Å². The van der Waals surface area contributed by atoms with Crippen LogP contribution in [0.25, 0.3) is 11.3 Å². The lowest BCUT2D eigenvalue weighted by Gasteiger charge is -2.06. The van der Waals surface area contributed by atoms with Crippen LogP contribution in [0, 0.1) is 11.3 Å². The molecule has 7 heteroatoms. The van der Waals surface area contributed by atoms with Crippen molar-refractivity contribution < 1.29 is 14.0 Å². The third kappa shape index (κ3) is 3.94. The number of nitrogens with zero attached hydrogens (tertiary/aromatic N) is 3. The molecule has 27 heavy (non-hydrogen) atoms. The van der Waals surface area contributed by atoms with Crippen molar-refractivity contribution in [3.63, 3.8) is 0 Å². The molecule has 3 aromatic rings. The minimum absolute atomic E-state index is 0.301. The van der Waals surface area contributed by atoms with Gasteiger partial charge in [-0.25, -0.2) is 0 Å². The van der Waals surface area contributed by atoms with E-state index in [4.69, 9.17) is 25.6 Å². The van der Waals surface area contributed by atoms with Crippen LogP contribution in [0.15, 0.2) is 52.0 Å². The monoisotopic (exact) mass is 381 g/mol. The molecule has 0 atom stereocenters. The minimum atomic E-state index is 0.301. The van der Waals surface area contributed by atoms with Gasteiger partial charge in [0.25, 0.3) is 0 Å². The Balaban J connectivity index is 1.85. The van der Waals surface area contributed by atoms with Crippen molar-refractivity contribution in [2.75, 3.05) is 14.2 Å². The van der Waals surface area contributed by atoms with E-state index in [2.05, 4.69) is 16.2 Å². The molecular weight excluding hydrogens is 366 g/mol. The summed E-state index contributed by atoms with van der Waals surface area (Å²) in [6, 6.07) is 14.6. The quantitative estimate of drug-likeness (QED) is 0.571. The van der Waals surface area contributed by atoms with Gasteiger partial charge in [-0.1, -0.05) is 35.0 Å². The summed E-state index contributed by atoms with van der Waals surface area (Å²) in [5.41, 5.74) is 2.06. The third-order valence-electron chi connectivity index (χ3n) is 3.90. The molecule has 1 heterocycles. The standard InChI is InChI=1S/C20H16ClN3O3/c1-25-13-7-8-17(19(11-13)26-2)23-10-9-18-15(12-22)20(24-27-18)14-5-3-4-6-16(14)21/h3-8,10-11H,9H2,1-2H3. The lowest BCUT2D eigenvalue weighted by molar-refractivity contribution is 0.394. The van der Waals surface area contributed by atoms with E-state index in [0.29, 0.717) is 51.2 Å². The molecule has 0 bridgehead atoms. The number of methoxy groups -OCH3 is 2. The molecule has 0 aliphatic heterocycles. The van der Waals surface area contributed by atoms with Gasteiger partial charge in [0, 0.05) is 24.3 Å². The molecular formula is C20H16ClN3O3. The van der Waals surface area contributed by atoms with Gasteiger partial charge in [0.2, 0.25) is 0 Å². The fourth-order valence-corrected chi connectivity index (χ4v) is 2.76. The van der Waals surface area contributed by atoms with E-state index in [9.17, 15) is 5.26 Å². The van der Waals surface area contributed by atoms with E-state index < -0.39 is 0 Å². The van der Waals surface area contributed by atoms with E-state index in [0.717, 1.165) is 0 Å². The first kappa shape index (κ1) is 18.5. The van der Waals surface area contributed by atoms with Gasteiger partial charge in [-0.2, -0.15) is 5.26 Å². The van der Waals surface area contributed by atoms with Gasteiger partial charge in [0.1, 0.15) is 34.5 Å². The molecule has 0 N–H and O–H groups in total. The number of halogens is 1. The maximum absolute atomic E-state index is 9.53. The lowest BCUT2D eigenvalue weighted by Crippen LogP contribution is -1.90. The zero-order chi connectivity index (χ0) is 19.2. The fraction of sp³-hybridized carbons (Fsp3) is 0.150. The fourth-order valence-electron chi connectivity index (χ4n) is 2.53. The Morgan fingerprint density at radius 3 is 2.74 bits per heavy atom. The molecule has 0 fully saturated rings. The van der Waals surface area contributed by atoms with Crippen molar-refractivity contribution in [3.8, 4) is 28.8 Å². The van der Waals surface area contributed by atoms with Crippen LogP contribution in [0.3, 0.4) is 0 Å². The summed E-state index contributed by atoms with van der Waals surface area (Å²) in [4.78, 5) is 4.39. The Morgan fingerprint density at radius 1 is 1.22 bits per heavy atom. The lowest BCUT2D eigenvalue weighted by atomic mass is 10.1. The zero-order valence-corrected chi connectivity index (χ0v) is 15.5. The molecule has 0 saturated heterocycles. The van der Waals surface area contributed by atoms with Gasteiger partial charge < -0.3 is 14.0 Å². The average molecular weight is 382 g/mol. The van der Waals surface area contributed by atoms with E-state index in [1.54, 1.807) is 50.8 Å². The highest BCUT2D eigenvalue weighted by Gasteiger charge is 2.18. The Morgan fingerprint density at radius 2 is 2.04 bits per heavy atom. The highest BCUT2D eigenvalue weighted by Crippen LogP contribution is 2.32. The molecule has 0 saturated carbocycles. The van der Waals surface area contributed by atoms with Crippen molar-refractivity contribution in [1.29, 1.82) is 5.26 Å². The molecule has 0 radical (unpaired) electrons. The Hall–Kier alpha value is -3.30. The van der Waals surface area contributed by atoms with Crippen LogP contribution in [0.2, 0.25) is 5.02 Å². The summed E-state index contributed by atoms with van der Waals surface area (Å²) in [5, 5.41) is 14.0. The number of aromatic nitrogens is 1. The summed E-state index contributed by atoms with van der Waals surface area (Å²) >= 11 is 6.20. The second-order valence-corrected chi connectivity index (χ2v) is 5.88. The van der Waals surface area contributed by atoms with Gasteiger partial charge in [0.05, 0.1) is 19.2 Å². The molecule has 1 aromatic heterocycles. The van der Waals surface area contributed by atoms with Gasteiger partial charge in [0.15, 0.2) is 5.76 Å². The highest BCUT2D eigenvalue weighted by molar-refractivity contribution is 6.33. The van der Waals surface area contributed by atoms with Gasteiger partial charge in [-0.05, 0) is 18.2 Å². The van der Waals surface area contributed by atoms with Crippen LogP contribution in [0.5, 0.6) is 11.5 Å². The zero-order valence-electron chi connectivity index (χ0n) is 14.8. The maximum atomic E-state index is 9.53. The smallest absolute Gasteiger partial charge is 0.160 e. The Labute approximate surface area is 161 Å². The SMILES string of the molecule is COc1ccc(N=CCc2onc(-c3ccccc3Cl)c2C#N)c(OC)c1. The minimum Gasteiger partial charge on any atom is -0.497 e. The van der Waals surface area contributed by atoms with Crippen LogP contribution in [0.4, 0.5) is 5.69 Å². The van der Waals surface area contributed by atoms with Crippen LogP contribution in [-0.2, 0) is 6.42 Å². The van der Waals surface area contributed by atoms with Crippen LogP contribution in [0.1, 0.15) is 11.3 Å². The average Bonchev–Trinajstić information content (AvgIpc) is 3.11. The molecule has 0 aliphatic rings. The molecule has 3 rings (SSSR count). The van der Waals surface area contributed by atoms with Crippen molar-refractivity contribution >= 4 is 23.5 Å². The first-order chi connectivity index (χ1) is 13.2. The van der Waals surface area contributed by atoms with Gasteiger partial charge >= 0.3 is 0 Å². The first-order valence-electron chi connectivity index (χ1n) is 8.06. The predicted molar refractivity (Wildman–Crippen MR) is 103 cm³/mol. The number of nitriles is 1. The molecule has 6 nitrogen and oxygen atoms in total. The van der Waals surface area contributed by atoms with Crippen molar-refractivity contribution in [1.82, 2.24) is 5.16 Å². The number of hydrogen-bond donors (Lipinski definition) is 0. The van der Waals surface area contributed by atoms with Gasteiger partial charge in [-0.15, -0.1) is 0 Å². The molecule has 0 aliphatic carbocycles. The summed E-state index contributed by atoms with van der Waals surface area (Å²) in [7, 11) is 3.15. The number of aliphatic imine (C=N–C) groups is 1. The van der Waals surface area contributed by atoms with E-state index in [1.807, 2.05) is 12.1 Å². The van der Waals surface area contributed by atoms with E-state index >= 15 is 0 Å². The predicted octanol–water partition coefficient (Wildman–Crippen LogP) is 4.83. The summed E-state index contributed by atoms with van der Waals surface area (Å²) in [6.45, 7) is 0. The summed E-state index contributed by atoms with van der Waals surface area (Å²) in [6.07, 6.45) is 1.94.